The molecule has 4 aromatic rings. The number of nitrogens with zero attached hydrogens (tertiary/aromatic N) is 1. The summed E-state index contributed by atoms with van der Waals surface area (Å²) in [5, 5.41) is 2.93. The van der Waals surface area contributed by atoms with Crippen molar-refractivity contribution in [3.63, 3.8) is 0 Å². The Hall–Kier alpha value is -3.69. The van der Waals surface area contributed by atoms with Crippen LogP contribution in [0.5, 0.6) is 11.5 Å². The van der Waals surface area contributed by atoms with Gasteiger partial charge in [-0.05, 0) is 62.4 Å². The van der Waals surface area contributed by atoms with E-state index in [1.54, 1.807) is 43.3 Å². The molecule has 2 N–H and O–H groups in total. The van der Waals surface area contributed by atoms with E-state index < -0.39 is 10.0 Å². The van der Waals surface area contributed by atoms with Crippen LogP contribution in [0.1, 0.15) is 20.9 Å². The minimum absolute atomic E-state index is 0.129. The van der Waals surface area contributed by atoms with E-state index in [0.717, 1.165) is 22.6 Å². The number of amides is 1. The molecule has 9 heteroatoms. The minimum atomic E-state index is -3.80. The van der Waals surface area contributed by atoms with Gasteiger partial charge in [-0.3, -0.25) is 9.52 Å². The summed E-state index contributed by atoms with van der Waals surface area (Å²) in [4.78, 5) is 17.4. The Kier molecular flexibility index (Phi) is 6.43. The summed E-state index contributed by atoms with van der Waals surface area (Å²) >= 11 is 0.978. The molecule has 1 amide bonds. The third-order valence-corrected chi connectivity index (χ3v) is 7.20. The summed E-state index contributed by atoms with van der Waals surface area (Å²) in [7, 11) is -3.80. The maximum absolute atomic E-state index is 12.7. The number of aryl methyl sites for hydroxylation is 2. The van der Waals surface area contributed by atoms with Gasteiger partial charge in [-0.1, -0.05) is 47.2 Å². The van der Waals surface area contributed by atoms with E-state index in [-0.39, 0.29) is 15.9 Å². The van der Waals surface area contributed by atoms with Crippen molar-refractivity contribution in [3.8, 4) is 11.5 Å². The average molecular weight is 480 g/mol. The van der Waals surface area contributed by atoms with Crippen LogP contribution < -0.4 is 14.8 Å². The maximum atomic E-state index is 12.7. The number of ether oxygens (including phenoxy) is 1. The highest BCUT2D eigenvalue weighted by Gasteiger charge is 2.20. The highest BCUT2D eigenvalue weighted by molar-refractivity contribution is 7.93. The topological polar surface area (TPSA) is 97.4 Å². The molecular formula is C24H21N3O4S2. The van der Waals surface area contributed by atoms with E-state index in [2.05, 4.69) is 15.0 Å². The molecule has 0 aliphatic carbocycles. The molecule has 0 aliphatic rings. The smallest absolute Gasteiger partial charge is 0.267 e. The second-order valence-corrected chi connectivity index (χ2v) is 9.93. The quantitative estimate of drug-likeness (QED) is 0.359. The van der Waals surface area contributed by atoms with Gasteiger partial charge in [0.15, 0.2) is 5.13 Å². The van der Waals surface area contributed by atoms with Gasteiger partial charge in [0.05, 0.1) is 10.6 Å². The molecule has 0 bridgehead atoms. The molecule has 0 fully saturated rings. The van der Waals surface area contributed by atoms with Gasteiger partial charge in [0, 0.05) is 5.69 Å². The van der Waals surface area contributed by atoms with Crippen LogP contribution in [0.25, 0.3) is 0 Å². The van der Waals surface area contributed by atoms with E-state index in [1.807, 2.05) is 37.3 Å². The van der Waals surface area contributed by atoms with Crippen LogP contribution in [0.4, 0.5) is 10.8 Å². The SMILES string of the molecule is Cc1ccc(S(=O)(=O)Nc2nc(C)c(C(=O)Nc3ccc(Oc4ccccc4)cc3)s2)cc1. The summed E-state index contributed by atoms with van der Waals surface area (Å²) in [5.74, 6) is 0.985. The van der Waals surface area contributed by atoms with Crippen molar-refractivity contribution in [3.05, 3.63) is 95.0 Å². The molecule has 4 rings (SSSR count). The minimum Gasteiger partial charge on any atom is -0.457 e. The van der Waals surface area contributed by atoms with Crippen LogP contribution in [0, 0.1) is 13.8 Å². The van der Waals surface area contributed by atoms with Gasteiger partial charge < -0.3 is 10.1 Å². The van der Waals surface area contributed by atoms with Crippen LogP contribution in [-0.4, -0.2) is 19.3 Å². The number of carbonyl (C=O) groups is 1. The Bertz CT molecular complexity index is 1370. The average Bonchev–Trinajstić information content (AvgIpc) is 3.15. The van der Waals surface area contributed by atoms with Gasteiger partial charge >= 0.3 is 0 Å². The molecule has 0 radical (unpaired) electrons. The summed E-state index contributed by atoms with van der Waals surface area (Å²) in [6.07, 6.45) is 0. The number of nitrogens with one attached hydrogen (secondary N) is 2. The van der Waals surface area contributed by atoms with Gasteiger partial charge in [0.25, 0.3) is 15.9 Å². The number of para-hydroxylation sites is 1. The molecule has 0 unspecified atom stereocenters. The van der Waals surface area contributed by atoms with Gasteiger partial charge in [0.2, 0.25) is 0 Å². The summed E-state index contributed by atoms with van der Waals surface area (Å²) < 4.78 is 33.4. The lowest BCUT2D eigenvalue weighted by Gasteiger charge is -2.07. The Morgan fingerprint density at radius 3 is 2.18 bits per heavy atom. The van der Waals surface area contributed by atoms with E-state index >= 15 is 0 Å². The number of benzene rings is 3. The van der Waals surface area contributed by atoms with Crippen LogP contribution in [0.15, 0.2) is 83.8 Å². The molecule has 0 atom stereocenters. The molecule has 0 aliphatic heterocycles. The van der Waals surface area contributed by atoms with Crippen molar-refractivity contribution in [2.24, 2.45) is 0 Å². The second kappa shape index (κ2) is 9.43. The maximum Gasteiger partial charge on any atom is 0.267 e. The third-order valence-electron chi connectivity index (χ3n) is 4.65. The molecule has 1 heterocycles. The normalized spacial score (nSPS) is 11.1. The molecule has 3 aromatic carbocycles. The standard InChI is InChI=1S/C24H21N3O4S2/c1-16-8-14-21(15-9-16)33(29,30)27-24-25-17(2)22(32-24)23(28)26-18-10-12-20(13-11-18)31-19-6-4-3-5-7-19/h3-15H,1-2H3,(H,25,27)(H,26,28). The van der Waals surface area contributed by atoms with Gasteiger partial charge in [-0.25, -0.2) is 13.4 Å². The second-order valence-electron chi connectivity index (χ2n) is 7.25. The van der Waals surface area contributed by atoms with Crippen molar-refractivity contribution in [2.45, 2.75) is 18.7 Å². The van der Waals surface area contributed by atoms with Gasteiger partial charge in [-0.15, -0.1) is 0 Å². The number of anilines is 2. The largest absolute Gasteiger partial charge is 0.457 e. The lowest BCUT2D eigenvalue weighted by Crippen LogP contribution is -2.12. The number of aromatic nitrogens is 1. The monoisotopic (exact) mass is 479 g/mol. The lowest BCUT2D eigenvalue weighted by molar-refractivity contribution is 0.102. The molecule has 0 spiro atoms. The zero-order chi connectivity index (χ0) is 23.4. The van der Waals surface area contributed by atoms with Gasteiger partial charge in [0.1, 0.15) is 16.4 Å². The number of rotatable bonds is 7. The molecule has 7 nitrogen and oxygen atoms in total. The van der Waals surface area contributed by atoms with E-state index in [9.17, 15) is 13.2 Å². The Balaban J connectivity index is 1.43. The zero-order valence-corrected chi connectivity index (χ0v) is 19.5. The fourth-order valence-electron chi connectivity index (χ4n) is 2.96. The summed E-state index contributed by atoms with van der Waals surface area (Å²) in [6, 6.07) is 22.8. The number of carbonyl (C=O) groups excluding carboxylic acids is 1. The molecule has 1 aromatic heterocycles. The van der Waals surface area contributed by atoms with Crippen molar-refractivity contribution in [2.75, 3.05) is 10.0 Å². The predicted molar refractivity (Wildman–Crippen MR) is 130 cm³/mol. The first kappa shape index (κ1) is 22.5. The molecule has 168 valence electrons. The van der Waals surface area contributed by atoms with Crippen molar-refractivity contribution in [1.29, 1.82) is 0 Å². The lowest BCUT2D eigenvalue weighted by atomic mass is 10.2. The number of hydrogen-bond acceptors (Lipinski definition) is 6. The Morgan fingerprint density at radius 1 is 0.879 bits per heavy atom. The van der Waals surface area contributed by atoms with Gasteiger partial charge in [-0.2, -0.15) is 0 Å². The van der Waals surface area contributed by atoms with E-state index in [1.165, 1.54) is 12.1 Å². The molecule has 0 saturated carbocycles. The van der Waals surface area contributed by atoms with Crippen LogP contribution in [-0.2, 0) is 10.0 Å². The van der Waals surface area contributed by atoms with E-state index in [4.69, 9.17) is 4.74 Å². The highest BCUT2D eigenvalue weighted by atomic mass is 32.2. The molecular weight excluding hydrogens is 458 g/mol. The molecule has 33 heavy (non-hydrogen) atoms. The fraction of sp³-hybridized carbons (Fsp3) is 0.0833. The first-order valence-corrected chi connectivity index (χ1v) is 12.3. The van der Waals surface area contributed by atoms with Crippen LogP contribution in [0.3, 0.4) is 0 Å². The fourth-order valence-corrected chi connectivity index (χ4v) is 5.06. The van der Waals surface area contributed by atoms with E-state index in [0.29, 0.717) is 22.0 Å². The highest BCUT2D eigenvalue weighted by Crippen LogP contribution is 2.27. The zero-order valence-electron chi connectivity index (χ0n) is 17.9. The number of hydrogen-bond donors (Lipinski definition) is 2. The summed E-state index contributed by atoms with van der Waals surface area (Å²) in [5.41, 5.74) is 1.97. The number of sulfonamides is 1. The van der Waals surface area contributed by atoms with Crippen LogP contribution >= 0.6 is 11.3 Å². The Morgan fingerprint density at radius 2 is 1.52 bits per heavy atom. The van der Waals surface area contributed by atoms with Crippen LogP contribution in [0.2, 0.25) is 0 Å². The first-order valence-electron chi connectivity index (χ1n) is 10.0. The van der Waals surface area contributed by atoms with Crippen molar-refractivity contribution < 1.29 is 17.9 Å². The first-order chi connectivity index (χ1) is 15.8. The summed E-state index contributed by atoms with van der Waals surface area (Å²) in [6.45, 7) is 3.54. The Labute approximate surface area is 196 Å². The number of thiazole rings is 1. The van der Waals surface area contributed by atoms with Crippen molar-refractivity contribution >= 4 is 38.1 Å². The molecule has 0 saturated heterocycles. The van der Waals surface area contributed by atoms with Crippen molar-refractivity contribution in [1.82, 2.24) is 4.98 Å². The third kappa shape index (κ3) is 5.57. The predicted octanol–water partition coefficient (Wildman–Crippen LogP) is 5.61.